The second-order valence-corrected chi connectivity index (χ2v) is 4.94. The van der Waals surface area contributed by atoms with Crippen LogP contribution in [-0.2, 0) is 9.59 Å². The number of hydrogen-bond donors (Lipinski definition) is 2. The predicted molar refractivity (Wildman–Crippen MR) is 77.4 cm³/mol. The Morgan fingerprint density at radius 1 is 1.55 bits per heavy atom. The van der Waals surface area contributed by atoms with Crippen LogP contribution in [0.5, 0.6) is 5.75 Å². The van der Waals surface area contributed by atoms with E-state index in [1.54, 1.807) is 6.07 Å². The highest BCUT2D eigenvalue weighted by atomic mass is 79.9. The maximum atomic E-state index is 11.6. The molecular formula is C14H14BrNO4. The van der Waals surface area contributed by atoms with E-state index in [1.807, 2.05) is 19.1 Å². The second kappa shape index (κ2) is 7.56. The molecule has 106 valence electrons. The van der Waals surface area contributed by atoms with Crippen molar-refractivity contribution in [2.45, 2.75) is 19.4 Å². The van der Waals surface area contributed by atoms with E-state index < -0.39 is 17.9 Å². The van der Waals surface area contributed by atoms with Gasteiger partial charge in [-0.25, -0.2) is 4.79 Å². The number of carbonyl (C=O) groups is 2. The molecule has 6 heteroatoms. The molecule has 5 nitrogen and oxygen atoms in total. The minimum atomic E-state index is -1.17. The Hall–Kier alpha value is -2.00. The molecule has 0 aliphatic carbocycles. The molecule has 0 spiro atoms. The van der Waals surface area contributed by atoms with E-state index in [-0.39, 0.29) is 13.0 Å². The number of aliphatic carboxylic acids is 1. The molecular weight excluding hydrogens is 326 g/mol. The van der Waals surface area contributed by atoms with Crippen LogP contribution in [0.1, 0.15) is 12.0 Å². The molecule has 0 aliphatic heterocycles. The fourth-order valence-corrected chi connectivity index (χ4v) is 2.03. The molecule has 0 fully saturated rings. The van der Waals surface area contributed by atoms with Gasteiger partial charge < -0.3 is 15.2 Å². The Kier molecular flexibility index (Phi) is 6.07. The third-order valence-corrected chi connectivity index (χ3v) is 3.02. The minimum Gasteiger partial charge on any atom is -0.483 e. The molecule has 0 aromatic heterocycles. The summed E-state index contributed by atoms with van der Waals surface area (Å²) >= 11 is 3.32. The first-order valence-electron chi connectivity index (χ1n) is 5.78. The van der Waals surface area contributed by atoms with Gasteiger partial charge in [-0.3, -0.25) is 4.79 Å². The molecule has 1 aromatic rings. The van der Waals surface area contributed by atoms with Crippen LogP contribution >= 0.6 is 15.9 Å². The highest BCUT2D eigenvalue weighted by molar-refractivity contribution is 9.10. The number of carboxylic acids is 1. The van der Waals surface area contributed by atoms with Crippen molar-refractivity contribution < 1.29 is 19.4 Å². The molecule has 0 saturated carbocycles. The summed E-state index contributed by atoms with van der Waals surface area (Å²) in [5.74, 6) is 0.994. The summed E-state index contributed by atoms with van der Waals surface area (Å²) in [5, 5.41) is 11.2. The Balaban J connectivity index is 2.55. The van der Waals surface area contributed by atoms with Gasteiger partial charge in [0.15, 0.2) is 6.61 Å². The van der Waals surface area contributed by atoms with Crippen LogP contribution in [0.2, 0.25) is 0 Å². The first-order valence-corrected chi connectivity index (χ1v) is 6.58. The first-order chi connectivity index (χ1) is 9.43. The number of terminal acetylenes is 1. The van der Waals surface area contributed by atoms with E-state index in [0.717, 1.165) is 10.0 Å². The molecule has 2 N–H and O–H groups in total. The van der Waals surface area contributed by atoms with Gasteiger partial charge in [0.1, 0.15) is 11.8 Å². The van der Waals surface area contributed by atoms with Crippen molar-refractivity contribution >= 4 is 27.8 Å². The molecule has 1 unspecified atom stereocenters. The van der Waals surface area contributed by atoms with Gasteiger partial charge in [-0.2, -0.15) is 0 Å². The fraction of sp³-hybridized carbons (Fsp3) is 0.286. The average Bonchev–Trinajstić information content (AvgIpc) is 2.37. The third-order valence-electron chi connectivity index (χ3n) is 2.40. The van der Waals surface area contributed by atoms with Gasteiger partial charge in [0.05, 0.1) is 4.47 Å². The van der Waals surface area contributed by atoms with Gasteiger partial charge in [0, 0.05) is 6.42 Å². The maximum Gasteiger partial charge on any atom is 0.327 e. The molecule has 0 radical (unpaired) electrons. The fourth-order valence-electron chi connectivity index (χ4n) is 1.42. The number of ether oxygens (including phenoxy) is 1. The summed E-state index contributed by atoms with van der Waals surface area (Å²) in [6.07, 6.45) is 4.97. The monoisotopic (exact) mass is 339 g/mol. The lowest BCUT2D eigenvalue weighted by Crippen LogP contribution is -2.42. The minimum absolute atomic E-state index is 0.0741. The smallest absolute Gasteiger partial charge is 0.327 e. The first kappa shape index (κ1) is 16.1. The van der Waals surface area contributed by atoms with Crippen molar-refractivity contribution in [2.75, 3.05) is 6.61 Å². The molecule has 0 saturated heterocycles. The van der Waals surface area contributed by atoms with Gasteiger partial charge in [-0.05, 0) is 40.5 Å². The summed E-state index contributed by atoms with van der Waals surface area (Å²) in [6, 6.07) is 4.32. The van der Waals surface area contributed by atoms with Gasteiger partial charge in [0.25, 0.3) is 5.91 Å². The van der Waals surface area contributed by atoms with Crippen LogP contribution in [0.4, 0.5) is 0 Å². The number of carbonyl (C=O) groups excluding carboxylic acids is 1. The zero-order valence-corrected chi connectivity index (χ0v) is 12.4. The van der Waals surface area contributed by atoms with Gasteiger partial charge in [0.2, 0.25) is 0 Å². The van der Waals surface area contributed by atoms with Crippen LogP contribution in [0.3, 0.4) is 0 Å². The van der Waals surface area contributed by atoms with E-state index in [9.17, 15) is 9.59 Å². The number of benzene rings is 1. The van der Waals surface area contributed by atoms with Crippen molar-refractivity contribution in [1.29, 1.82) is 0 Å². The van der Waals surface area contributed by atoms with Crippen molar-refractivity contribution in [1.82, 2.24) is 5.32 Å². The summed E-state index contributed by atoms with van der Waals surface area (Å²) in [4.78, 5) is 22.4. The molecule has 1 atom stereocenters. The zero-order valence-electron chi connectivity index (χ0n) is 10.9. The standard InChI is InChI=1S/C14H14BrNO4/c1-3-4-11(14(18)19)16-13(17)8-20-12-6-5-9(2)7-10(12)15/h1,5-7,11H,4,8H2,2H3,(H,16,17)(H,18,19). The number of nitrogens with one attached hydrogen (secondary N) is 1. The van der Waals surface area contributed by atoms with E-state index in [0.29, 0.717) is 5.75 Å². The second-order valence-electron chi connectivity index (χ2n) is 4.09. The van der Waals surface area contributed by atoms with Crippen molar-refractivity contribution in [2.24, 2.45) is 0 Å². The van der Waals surface area contributed by atoms with Gasteiger partial charge in [-0.15, -0.1) is 12.3 Å². The van der Waals surface area contributed by atoms with Gasteiger partial charge in [-0.1, -0.05) is 6.07 Å². The highest BCUT2D eigenvalue weighted by Gasteiger charge is 2.19. The van der Waals surface area contributed by atoms with Crippen LogP contribution in [0.15, 0.2) is 22.7 Å². The van der Waals surface area contributed by atoms with Crippen LogP contribution in [0, 0.1) is 19.3 Å². The largest absolute Gasteiger partial charge is 0.483 e. The summed E-state index contributed by atoms with van der Waals surface area (Å²) in [6.45, 7) is 1.65. The van der Waals surface area contributed by atoms with Crippen LogP contribution in [0.25, 0.3) is 0 Å². The number of amides is 1. The number of carboxylic acid groups (broad SMARTS) is 1. The SMILES string of the molecule is C#CCC(NC(=O)COc1ccc(C)cc1Br)C(=O)O. The van der Waals surface area contributed by atoms with Crippen molar-refractivity contribution in [3.05, 3.63) is 28.2 Å². The molecule has 0 heterocycles. The predicted octanol–water partition coefficient (Wildman–Crippen LogP) is 1.73. The summed E-state index contributed by atoms with van der Waals surface area (Å²) in [7, 11) is 0. The quantitative estimate of drug-likeness (QED) is 0.774. The topological polar surface area (TPSA) is 75.6 Å². The number of aryl methyl sites for hydroxylation is 1. The third kappa shape index (κ3) is 4.94. The summed E-state index contributed by atoms with van der Waals surface area (Å²) in [5.41, 5.74) is 1.05. The molecule has 1 aromatic carbocycles. The van der Waals surface area contributed by atoms with Crippen molar-refractivity contribution in [3.63, 3.8) is 0 Å². The Morgan fingerprint density at radius 3 is 2.80 bits per heavy atom. The normalized spacial score (nSPS) is 11.2. The maximum absolute atomic E-state index is 11.6. The Labute approximate surface area is 125 Å². The number of rotatable bonds is 6. The van der Waals surface area contributed by atoms with E-state index in [4.69, 9.17) is 16.3 Å². The highest BCUT2D eigenvalue weighted by Crippen LogP contribution is 2.25. The lowest BCUT2D eigenvalue weighted by Gasteiger charge is -2.13. The van der Waals surface area contributed by atoms with Crippen LogP contribution < -0.4 is 10.1 Å². The Bertz CT molecular complexity index is 551. The lowest BCUT2D eigenvalue weighted by atomic mass is 10.2. The van der Waals surface area contributed by atoms with E-state index in [2.05, 4.69) is 27.2 Å². The lowest BCUT2D eigenvalue weighted by molar-refractivity contribution is -0.141. The van der Waals surface area contributed by atoms with Crippen LogP contribution in [-0.4, -0.2) is 29.6 Å². The molecule has 1 rings (SSSR count). The molecule has 1 amide bonds. The number of hydrogen-bond acceptors (Lipinski definition) is 3. The van der Waals surface area contributed by atoms with Crippen molar-refractivity contribution in [3.8, 4) is 18.1 Å². The van der Waals surface area contributed by atoms with E-state index in [1.165, 1.54) is 0 Å². The molecule has 0 aliphatic rings. The van der Waals surface area contributed by atoms with Gasteiger partial charge >= 0.3 is 5.97 Å². The Morgan fingerprint density at radius 2 is 2.25 bits per heavy atom. The zero-order chi connectivity index (χ0) is 15.1. The molecule has 20 heavy (non-hydrogen) atoms. The molecule has 0 bridgehead atoms. The average molecular weight is 340 g/mol. The number of halogens is 1. The summed E-state index contributed by atoms with van der Waals surface area (Å²) < 4.78 is 6.03. The van der Waals surface area contributed by atoms with E-state index >= 15 is 0 Å².